The molecule has 0 saturated heterocycles. The summed E-state index contributed by atoms with van der Waals surface area (Å²) in [6.45, 7) is 5.50. The summed E-state index contributed by atoms with van der Waals surface area (Å²) in [5.74, 6) is 0. The third-order valence-corrected chi connectivity index (χ3v) is 1.78. The van der Waals surface area contributed by atoms with Crippen LogP contribution in [0.2, 0.25) is 0 Å². The quantitative estimate of drug-likeness (QED) is 0.650. The van der Waals surface area contributed by atoms with Gasteiger partial charge in [0.1, 0.15) is 6.54 Å². The Morgan fingerprint density at radius 3 is 2.43 bits per heavy atom. The van der Waals surface area contributed by atoms with E-state index in [0.29, 0.717) is 0 Å². The molecular formula is C10H18Br3N. The summed E-state index contributed by atoms with van der Waals surface area (Å²) in [5, 5.41) is 0. The molecule has 0 aliphatic carbocycles. The van der Waals surface area contributed by atoms with Crippen molar-refractivity contribution < 1.29 is 21.5 Å². The maximum absolute atomic E-state index is 2.25. The van der Waals surface area contributed by atoms with Gasteiger partial charge in [0.15, 0.2) is 12.4 Å². The van der Waals surface area contributed by atoms with Gasteiger partial charge in [-0.15, -0.1) is 34.0 Å². The number of halogens is 3. The van der Waals surface area contributed by atoms with Crippen LogP contribution in [0.25, 0.3) is 0 Å². The van der Waals surface area contributed by atoms with Gasteiger partial charge < -0.3 is 17.0 Å². The van der Waals surface area contributed by atoms with E-state index in [0.717, 1.165) is 6.54 Å². The van der Waals surface area contributed by atoms with E-state index in [2.05, 4.69) is 42.9 Å². The first-order chi connectivity index (χ1) is 5.33. The minimum atomic E-state index is 0. The molecule has 0 fully saturated rings. The lowest BCUT2D eigenvalue weighted by atomic mass is 10.3. The number of rotatable bonds is 3. The molecule has 0 amide bonds. The number of aromatic nitrogens is 1. The van der Waals surface area contributed by atoms with Gasteiger partial charge in [-0.25, -0.2) is 4.57 Å². The largest absolute Gasteiger partial charge is 1.00 e. The van der Waals surface area contributed by atoms with E-state index < -0.39 is 0 Å². The summed E-state index contributed by atoms with van der Waals surface area (Å²) < 4.78 is 2.25. The zero-order valence-corrected chi connectivity index (χ0v) is 13.6. The third-order valence-electron chi connectivity index (χ3n) is 1.78. The van der Waals surface area contributed by atoms with Crippen LogP contribution in [0.15, 0.2) is 24.5 Å². The molecule has 1 heterocycles. The van der Waals surface area contributed by atoms with Crippen LogP contribution in [0.1, 0.15) is 25.3 Å². The van der Waals surface area contributed by atoms with Gasteiger partial charge in [-0.2, -0.15) is 0 Å². The maximum atomic E-state index is 2.25. The Balaban J connectivity index is -0.000000403. The topological polar surface area (TPSA) is 3.88 Å². The van der Waals surface area contributed by atoms with Crippen molar-refractivity contribution in [2.24, 2.45) is 0 Å². The molecule has 0 bridgehead atoms. The molecule has 1 nitrogen and oxygen atoms in total. The van der Waals surface area contributed by atoms with Gasteiger partial charge in [0.05, 0.1) is 0 Å². The second kappa shape index (κ2) is 11.7. The highest BCUT2D eigenvalue weighted by molar-refractivity contribution is 8.93. The molecule has 0 radical (unpaired) electrons. The van der Waals surface area contributed by atoms with Crippen LogP contribution in [-0.4, -0.2) is 0 Å². The van der Waals surface area contributed by atoms with Crippen molar-refractivity contribution in [3.05, 3.63) is 30.1 Å². The fourth-order valence-corrected chi connectivity index (χ4v) is 1.13. The average Bonchev–Trinajstić information content (AvgIpc) is 2.01. The van der Waals surface area contributed by atoms with Gasteiger partial charge in [-0.1, -0.05) is 13.3 Å². The van der Waals surface area contributed by atoms with E-state index in [-0.39, 0.29) is 50.9 Å². The zero-order chi connectivity index (χ0) is 8.10. The van der Waals surface area contributed by atoms with E-state index in [1.807, 2.05) is 0 Å². The van der Waals surface area contributed by atoms with Crippen molar-refractivity contribution in [1.82, 2.24) is 0 Å². The molecule has 1 rings (SSSR count). The van der Waals surface area contributed by atoms with Crippen molar-refractivity contribution in [3.63, 3.8) is 0 Å². The standard InChI is InChI=1S/C10H16N.3BrH/c1-3-4-7-11-8-5-6-10(2)9-11;;;/h5-6,8-9H,3-4,7H2,1-2H3;3*1H/q+1;;;/p-1. The van der Waals surface area contributed by atoms with Crippen molar-refractivity contribution in [3.8, 4) is 0 Å². The average molecular weight is 392 g/mol. The first kappa shape index (κ1) is 20.1. The number of aryl methyl sites for hydroxylation is 2. The van der Waals surface area contributed by atoms with Gasteiger partial charge in [-0.05, 0) is 13.0 Å². The Hall–Kier alpha value is 0.590. The number of hydrogen-bond acceptors (Lipinski definition) is 0. The second-order valence-corrected chi connectivity index (χ2v) is 2.97. The van der Waals surface area contributed by atoms with Crippen molar-refractivity contribution in [2.75, 3.05) is 0 Å². The molecule has 1 aromatic heterocycles. The van der Waals surface area contributed by atoms with Gasteiger partial charge in [-0.3, -0.25) is 0 Å². The van der Waals surface area contributed by atoms with Gasteiger partial charge in [0.25, 0.3) is 0 Å². The van der Waals surface area contributed by atoms with E-state index >= 15 is 0 Å². The van der Waals surface area contributed by atoms with Crippen molar-refractivity contribution in [1.29, 1.82) is 0 Å². The smallest absolute Gasteiger partial charge is 0.171 e. The second-order valence-electron chi connectivity index (χ2n) is 2.97. The van der Waals surface area contributed by atoms with Gasteiger partial charge in [0.2, 0.25) is 0 Å². The summed E-state index contributed by atoms with van der Waals surface area (Å²) in [6, 6.07) is 4.23. The Morgan fingerprint density at radius 2 is 1.93 bits per heavy atom. The highest BCUT2D eigenvalue weighted by Gasteiger charge is 1.97. The Bertz CT molecular complexity index is 228. The predicted molar refractivity (Wildman–Crippen MR) is 66.9 cm³/mol. The molecule has 0 unspecified atom stereocenters. The molecule has 1 aromatic rings. The Morgan fingerprint density at radius 1 is 1.29 bits per heavy atom. The number of unbranched alkanes of at least 4 members (excludes halogenated alkanes) is 1. The number of nitrogens with zero attached hydrogens (tertiary/aromatic N) is 1. The number of pyridine rings is 1. The molecule has 0 N–H and O–H groups in total. The number of hydrogen-bond donors (Lipinski definition) is 0. The minimum Gasteiger partial charge on any atom is -1.00 e. The molecule has 0 saturated carbocycles. The van der Waals surface area contributed by atoms with Crippen LogP contribution < -0.4 is 21.5 Å². The summed E-state index contributed by atoms with van der Waals surface area (Å²) in [4.78, 5) is 0. The predicted octanol–water partition coefficient (Wildman–Crippen LogP) is 0.242. The molecule has 84 valence electrons. The SMILES string of the molecule is Br.Br.CCCC[n+]1cccc(C)c1.[Br-]. The van der Waals surface area contributed by atoms with Crippen LogP contribution in [0, 0.1) is 6.92 Å². The molecular weight excluding hydrogens is 374 g/mol. The van der Waals surface area contributed by atoms with Gasteiger partial charge >= 0.3 is 0 Å². The fourth-order valence-electron chi connectivity index (χ4n) is 1.13. The maximum Gasteiger partial charge on any atom is 0.171 e. The summed E-state index contributed by atoms with van der Waals surface area (Å²) in [5.41, 5.74) is 1.34. The van der Waals surface area contributed by atoms with Crippen molar-refractivity contribution >= 4 is 34.0 Å². The molecule has 0 spiro atoms. The fraction of sp³-hybridized carbons (Fsp3) is 0.500. The van der Waals surface area contributed by atoms with Crippen LogP contribution in [0.5, 0.6) is 0 Å². The third kappa shape index (κ3) is 7.94. The van der Waals surface area contributed by atoms with E-state index in [4.69, 9.17) is 0 Å². The summed E-state index contributed by atoms with van der Waals surface area (Å²) >= 11 is 0. The van der Waals surface area contributed by atoms with Crippen LogP contribution in [-0.2, 0) is 6.54 Å². The Labute approximate surface area is 118 Å². The lowest BCUT2D eigenvalue weighted by molar-refractivity contribution is -0.697. The van der Waals surface area contributed by atoms with E-state index in [1.165, 1.54) is 18.4 Å². The molecule has 14 heavy (non-hydrogen) atoms. The normalized spacial score (nSPS) is 7.86. The Kier molecular flexibility index (Phi) is 16.7. The summed E-state index contributed by atoms with van der Waals surface area (Å²) in [7, 11) is 0. The van der Waals surface area contributed by atoms with E-state index in [9.17, 15) is 0 Å². The minimum absolute atomic E-state index is 0. The zero-order valence-electron chi connectivity index (χ0n) is 8.57. The lowest BCUT2D eigenvalue weighted by Crippen LogP contribution is -3.00. The first-order valence-electron chi connectivity index (χ1n) is 4.28. The van der Waals surface area contributed by atoms with Crippen LogP contribution in [0.4, 0.5) is 0 Å². The molecule has 4 heteroatoms. The monoisotopic (exact) mass is 389 g/mol. The molecule has 0 aromatic carbocycles. The van der Waals surface area contributed by atoms with E-state index in [1.54, 1.807) is 0 Å². The van der Waals surface area contributed by atoms with Crippen LogP contribution >= 0.6 is 34.0 Å². The molecule has 0 atom stereocenters. The highest BCUT2D eigenvalue weighted by Crippen LogP contribution is 1.91. The first-order valence-corrected chi connectivity index (χ1v) is 4.28. The molecule has 0 aliphatic heterocycles. The van der Waals surface area contributed by atoms with Crippen molar-refractivity contribution in [2.45, 2.75) is 33.2 Å². The summed E-state index contributed by atoms with van der Waals surface area (Å²) in [6.07, 6.45) is 6.85. The highest BCUT2D eigenvalue weighted by atomic mass is 79.9. The lowest BCUT2D eigenvalue weighted by Gasteiger charge is -1.94. The molecule has 0 aliphatic rings. The van der Waals surface area contributed by atoms with Crippen LogP contribution in [0.3, 0.4) is 0 Å². The van der Waals surface area contributed by atoms with Gasteiger partial charge in [0, 0.05) is 18.1 Å².